The molecular weight excluding hydrogens is 337 g/mol. The second-order valence-corrected chi connectivity index (χ2v) is 6.77. The Kier molecular flexibility index (Phi) is 6.73. The van der Waals surface area contributed by atoms with Gasteiger partial charge in [0.15, 0.2) is 5.76 Å². The maximum atomic E-state index is 13.5. The van der Waals surface area contributed by atoms with Crippen LogP contribution in [0.4, 0.5) is 4.39 Å². The molecule has 1 aromatic carbocycles. The number of β-amino-alcohol motifs (C(OH)–C–C–N with tert-alkyl or cyclic N) is 1. The monoisotopic (exact) mass is 363 g/mol. The summed E-state index contributed by atoms with van der Waals surface area (Å²) >= 11 is 0. The minimum Gasteiger partial charge on any atom is -0.389 e. The summed E-state index contributed by atoms with van der Waals surface area (Å²) in [7, 11) is 0. The highest BCUT2D eigenvalue weighted by atomic mass is 19.1. The molecule has 1 saturated heterocycles. The first-order valence-electron chi connectivity index (χ1n) is 8.96. The SMILES string of the molecule is Cc1cc(CN2CCN(CC(O)COCc3ccccc3F)CC2)on1. The molecule has 142 valence electrons. The van der Waals surface area contributed by atoms with Crippen LogP contribution in [0.1, 0.15) is 17.0 Å². The fourth-order valence-corrected chi connectivity index (χ4v) is 3.11. The van der Waals surface area contributed by atoms with Gasteiger partial charge in [0.25, 0.3) is 0 Å². The summed E-state index contributed by atoms with van der Waals surface area (Å²) in [5.41, 5.74) is 1.41. The van der Waals surface area contributed by atoms with E-state index >= 15 is 0 Å². The van der Waals surface area contributed by atoms with Gasteiger partial charge in [0.2, 0.25) is 0 Å². The van der Waals surface area contributed by atoms with Crippen molar-refractivity contribution in [2.45, 2.75) is 26.2 Å². The van der Waals surface area contributed by atoms with Crippen molar-refractivity contribution < 1.29 is 18.8 Å². The van der Waals surface area contributed by atoms with E-state index in [2.05, 4.69) is 15.0 Å². The van der Waals surface area contributed by atoms with Gasteiger partial charge in [-0.15, -0.1) is 0 Å². The zero-order chi connectivity index (χ0) is 18.4. The van der Waals surface area contributed by atoms with E-state index in [0.717, 1.165) is 44.2 Å². The molecule has 7 heteroatoms. The topological polar surface area (TPSA) is 62.0 Å². The number of rotatable bonds is 8. The van der Waals surface area contributed by atoms with Crippen LogP contribution in [-0.4, -0.2) is 65.5 Å². The molecule has 0 aliphatic carbocycles. The summed E-state index contributed by atoms with van der Waals surface area (Å²) < 4.78 is 24.2. The van der Waals surface area contributed by atoms with Crippen LogP contribution in [0.25, 0.3) is 0 Å². The largest absolute Gasteiger partial charge is 0.389 e. The Bertz CT molecular complexity index is 686. The molecule has 0 saturated carbocycles. The average molecular weight is 363 g/mol. The standard InChI is InChI=1S/C19H26FN3O3/c1-15-10-18(26-21-15)12-23-8-6-22(7-9-23)11-17(24)14-25-13-16-4-2-3-5-19(16)20/h2-5,10,17,24H,6-9,11-14H2,1H3. The van der Waals surface area contributed by atoms with Gasteiger partial charge in [0.05, 0.1) is 31.6 Å². The number of nitrogens with zero attached hydrogens (tertiary/aromatic N) is 3. The molecule has 0 spiro atoms. The van der Waals surface area contributed by atoms with Gasteiger partial charge >= 0.3 is 0 Å². The molecule has 1 aliphatic rings. The molecule has 1 fully saturated rings. The predicted molar refractivity (Wildman–Crippen MR) is 95.0 cm³/mol. The van der Waals surface area contributed by atoms with Crippen LogP contribution < -0.4 is 0 Å². The maximum Gasteiger partial charge on any atom is 0.150 e. The summed E-state index contributed by atoms with van der Waals surface area (Å²) in [4.78, 5) is 4.54. The lowest BCUT2D eigenvalue weighted by molar-refractivity contribution is -0.000239. The first-order chi connectivity index (χ1) is 12.6. The van der Waals surface area contributed by atoms with Gasteiger partial charge in [0.1, 0.15) is 5.82 Å². The Morgan fingerprint density at radius 1 is 1.23 bits per heavy atom. The second-order valence-electron chi connectivity index (χ2n) is 6.77. The van der Waals surface area contributed by atoms with E-state index in [-0.39, 0.29) is 19.0 Å². The molecule has 0 radical (unpaired) electrons. The fourth-order valence-electron chi connectivity index (χ4n) is 3.11. The van der Waals surface area contributed by atoms with Gasteiger partial charge in [-0.25, -0.2) is 4.39 Å². The van der Waals surface area contributed by atoms with Gasteiger partial charge in [0, 0.05) is 44.4 Å². The number of ether oxygens (including phenoxy) is 1. The molecule has 1 atom stereocenters. The normalized spacial score (nSPS) is 17.5. The Morgan fingerprint density at radius 3 is 2.65 bits per heavy atom. The van der Waals surface area contributed by atoms with Crippen molar-refractivity contribution in [2.75, 3.05) is 39.3 Å². The van der Waals surface area contributed by atoms with E-state index in [4.69, 9.17) is 9.26 Å². The number of aliphatic hydroxyl groups is 1. The quantitative estimate of drug-likeness (QED) is 0.772. The van der Waals surface area contributed by atoms with E-state index in [1.807, 2.05) is 13.0 Å². The maximum absolute atomic E-state index is 13.5. The van der Waals surface area contributed by atoms with Crippen LogP contribution in [-0.2, 0) is 17.9 Å². The molecule has 0 bridgehead atoms. The number of hydrogen-bond donors (Lipinski definition) is 1. The number of aromatic nitrogens is 1. The van der Waals surface area contributed by atoms with Crippen LogP contribution in [0, 0.1) is 12.7 Å². The van der Waals surface area contributed by atoms with Crippen molar-refractivity contribution in [3.63, 3.8) is 0 Å². The van der Waals surface area contributed by atoms with Gasteiger partial charge in [-0.2, -0.15) is 0 Å². The number of piperazine rings is 1. The van der Waals surface area contributed by atoms with Crippen molar-refractivity contribution >= 4 is 0 Å². The van der Waals surface area contributed by atoms with Gasteiger partial charge in [-0.1, -0.05) is 23.4 Å². The highest BCUT2D eigenvalue weighted by molar-refractivity contribution is 5.16. The molecule has 0 amide bonds. The number of aryl methyl sites for hydroxylation is 1. The molecule has 1 aliphatic heterocycles. The van der Waals surface area contributed by atoms with E-state index in [0.29, 0.717) is 12.1 Å². The molecular formula is C19H26FN3O3. The average Bonchev–Trinajstić information content (AvgIpc) is 3.03. The highest BCUT2D eigenvalue weighted by Gasteiger charge is 2.20. The van der Waals surface area contributed by atoms with Crippen LogP contribution in [0.3, 0.4) is 0 Å². The number of benzene rings is 1. The van der Waals surface area contributed by atoms with Gasteiger partial charge < -0.3 is 14.4 Å². The van der Waals surface area contributed by atoms with E-state index in [1.54, 1.807) is 18.2 Å². The lowest BCUT2D eigenvalue weighted by atomic mass is 10.2. The third-order valence-corrected chi connectivity index (χ3v) is 4.52. The minimum absolute atomic E-state index is 0.175. The minimum atomic E-state index is -0.578. The fraction of sp³-hybridized carbons (Fsp3) is 0.526. The van der Waals surface area contributed by atoms with E-state index in [1.165, 1.54) is 6.07 Å². The molecule has 1 N–H and O–H groups in total. The van der Waals surface area contributed by atoms with E-state index < -0.39 is 6.10 Å². The molecule has 1 aromatic heterocycles. The van der Waals surface area contributed by atoms with Gasteiger partial charge in [-0.05, 0) is 13.0 Å². The molecule has 1 unspecified atom stereocenters. The Hall–Kier alpha value is -1.80. The lowest BCUT2D eigenvalue weighted by Crippen LogP contribution is -2.48. The smallest absolute Gasteiger partial charge is 0.150 e. The first kappa shape index (κ1) is 19.0. The van der Waals surface area contributed by atoms with Crippen molar-refractivity contribution in [3.05, 3.63) is 53.2 Å². The number of hydrogen-bond acceptors (Lipinski definition) is 6. The lowest BCUT2D eigenvalue weighted by Gasteiger charge is -2.35. The Morgan fingerprint density at radius 2 is 1.96 bits per heavy atom. The van der Waals surface area contributed by atoms with E-state index in [9.17, 15) is 9.50 Å². The summed E-state index contributed by atoms with van der Waals surface area (Å²) in [5.74, 6) is 0.609. The Labute approximate surface area is 153 Å². The predicted octanol–water partition coefficient (Wildman–Crippen LogP) is 1.82. The van der Waals surface area contributed by atoms with Crippen molar-refractivity contribution in [1.29, 1.82) is 0 Å². The highest BCUT2D eigenvalue weighted by Crippen LogP contribution is 2.11. The van der Waals surface area contributed by atoms with Crippen molar-refractivity contribution in [3.8, 4) is 0 Å². The summed E-state index contributed by atoms with van der Waals surface area (Å²) in [6.07, 6.45) is -0.578. The molecule has 3 rings (SSSR count). The number of aliphatic hydroxyl groups excluding tert-OH is 1. The summed E-state index contributed by atoms with van der Waals surface area (Å²) in [5, 5.41) is 14.1. The zero-order valence-electron chi connectivity index (χ0n) is 15.1. The first-order valence-corrected chi connectivity index (χ1v) is 8.96. The Balaban J connectivity index is 1.33. The molecule has 2 heterocycles. The molecule has 26 heavy (non-hydrogen) atoms. The van der Waals surface area contributed by atoms with Gasteiger partial charge in [-0.3, -0.25) is 9.80 Å². The van der Waals surface area contributed by atoms with Crippen LogP contribution in [0.2, 0.25) is 0 Å². The van der Waals surface area contributed by atoms with Crippen LogP contribution in [0.5, 0.6) is 0 Å². The number of halogens is 1. The third-order valence-electron chi connectivity index (χ3n) is 4.52. The summed E-state index contributed by atoms with van der Waals surface area (Å²) in [6.45, 7) is 7.23. The molecule has 2 aromatic rings. The molecule has 6 nitrogen and oxygen atoms in total. The second kappa shape index (κ2) is 9.23. The third kappa shape index (κ3) is 5.60. The van der Waals surface area contributed by atoms with Crippen molar-refractivity contribution in [1.82, 2.24) is 15.0 Å². The van der Waals surface area contributed by atoms with Crippen LogP contribution in [0.15, 0.2) is 34.9 Å². The summed E-state index contributed by atoms with van der Waals surface area (Å²) in [6, 6.07) is 8.49. The van der Waals surface area contributed by atoms with Crippen molar-refractivity contribution in [2.24, 2.45) is 0 Å². The van der Waals surface area contributed by atoms with Crippen LogP contribution >= 0.6 is 0 Å². The zero-order valence-corrected chi connectivity index (χ0v) is 15.1.